The molecular weight excluding hydrogens is 228 g/mol. The van der Waals surface area contributed by atoms with Crippen molar-refractivity contribution in [3.8, 4) is 0 Å². The molecule has 0 spiro atoms. The van der Waals surface area contributed by atoms with Crippen molar-refractivity contribution in [2.24, 2.45) is 0 Å². The third kappa shape index (κ3) is 3.23. The van der Waals surface area contributed by atoms with Gasteiger partial charge < -0.3 is 15.7 Å². The van der Waals surface area contributed by atoms with Gasteiger partial charge in [0.05, 0.1) is 18.7 Å². The molecule has 0 atom stereocenters. The number of benzene rings is 1. The van der Waals surface area contributed by atoms with Crippen LogP contribution in [0.3, 0.4) is 0 Å². The maximum atomic E-state index is 11.9. The number of anilines is 1. The zero-order valence-corrected chi connectivity index (χ0v) is 10.5. The zero-order chi connectivity index (χ0) is 12.8. The molecule has 1 amide bonds. The van der Waals surface area contributed by atoms with E-state index in [2.05, 4.69) is 10.6 Å². The Morgan fingerprint density at radius 3 is 2.50 bits per heavy atom. The van der Waals surface area contributed by atoms with E-state index in [-0.39, 0.29) is 24.6 Å². The molecule has 2 rings (SSSR count). The van der Waals surface area contributed by atoms with Gasteiger partial charge in [-0.15, -0.1) is 0 Å². The average molecular weight is 248 g/mol. The molecule has 1 saturated carbocycles. The Hall–Kier alpha value is -1.55. The molecule has 1 fully saturated rings. The van der Waals surface area contributed by atoms with Crippen LogP contribution in [0, 0.1) is 0 Å². The van der Waals surface area contributed by atoms with Crippen molar-refractivity contribution in [1.82, 2.24) is 5.32 Å². The summed E-state index contributed by atoms with van der Waals surface area (Å²) in [7, 11) is 0. The second kappa shape index (κ2) is 5.87. The van der Waals surface area contributed by atoms with E-state index >= 15 is 0 Å². The smallest absolute Gasteiger partial charge is 0.239 e. The molecule has 1 aromatic carbocycles. The van der Waals surface area contributed by atoms with Crippen molar-refractivity contribution in [2.75, 3.05) is 18.5 Å². The third-order valence-corrected chi connectivity index (χ3v) is 3.49. The molecule has 0 bridgehead atoms. The molecule has 0 heterocycles. The molecule has 0 aliphatic heterocycles. The van der Waals surface area contributed by atoms with E-state index in [1.807, 2.05) is 30.3 Å². The Morgan fingerprint density at radius 2 is 1.89 bits per heavy atom. The summed E-state index contributed by atoms with van der Waals surface area (Å²) in [5.41, 5.74) is 0.548. The van der Waals surface area contributed by atoms with Gasteiger partial charge in [0.1, 0.15) is 0 Å². The van der Waals surface area contributed by atoms with Crippen molar-refractivity contribution in [3.63, 3.8) is 0 Å². The van der Waals surface area contributed by atoms with E-state index < -0.39 is 0 Å². The summed E-state index contributed by atoms with van der Waals surface area (Å²) in [5, 5.41) is 15.4. The minimum Gasteiger partial charge on any atom is -0.394 e. The summed E-state index contributed by atoms with van der Waals surface area (Å²) in [6, 6.07) is 9.62. The summed E-state index contributed by atoms with van der Waals surface area (Å²) in [5.74, 6) is -0.0604. The first-order valence-corrected chi connectivity index (χ1v) is 6.45. The van der Waals surface area contributed by atoms with Crippen LogP contribution in [0.25, 0.3) is 0 Å². The predicted octanol–water partition coefficient (Wildman–Crippen LogP) is 1.52. The highest BCUT2D eigenvalue weighted by atomic mass is 16.3. The summed E-state index contributed by atoms with van der Waals surface area (Å²) in [4.78, 5) is 11.9. The van der Waals surface area contributed by atoms with Crippen LogP contribution in [-0.4, -0.2) is 29.7 Å². The molecule has 98 valence electrons. The molecule has 18 heavy (non-hydrogen) atoms. The maximum Gasteiger partial charge on any atom is 0.239 e. The fourth-order valence-electron chi connectivity index (χ4n) is 2.45. The summed E-state index contributed by atoms with van der Waals surface area (Å²) in [6.07, 6.45) is 3.90. The molecule has 1 aliphatic rings. The van der Waals surface area contributed by atoms with E-state index in [0.717, 1.165) is 31.4 Å². The molecular formula is C14H20N2O2. The van der Waals surface area contributed by atoms with E-state index in [4.69, 9.17) is 0 Å². The molecule has 3 N–H and O–H groups in total. The lowest BCUT2D eigenvalue weighted by Gasteiger charge is -2.28. The summed E-state index contributed by atoms with van der Waals surface area (Å²) < 4.78 is 0. The number of nitrogens with one attached hydrogen (secondary N) is 2. The van der Waals surface area contributed by atoms with Crippen LogP contribution in [0.5, 0.6) is 0 Å². The normalized spacial score (nSPS) is 17.4. The average Bonchev–Trinajstić information content (AvgIpc) is 2.87. The van der Waals surface area contributed by atoms with Crippen molar-refractivity contribution in [3.05, 3.63) is 30.3 Å². The highest BCUT2D eigenvalue weighted by molar-refractivity contribution is 5.81. The number of amides is 1. The molecule has 4 heteroatoms. The van der Waals surface area contributed by atoms with Gasteiger partial charge in [-0.1, -0.05) is 31.0 Å². The number of hydrogen-bond donors (Lipinski definition) is 3. The number of aliphatic hydroxyl groups excluding tert-OH is 1. The van der Waals surface area contributed by atoms with Crippen molar-refractivity contribution >= 4 is 11.6 Å². The largest absolute Gasteiger partial charge is 0.394 e. The lowest BCUT2D eigenvalue weighted by Crippen LogP contribution is -2.50. The van der Waals surface area contributed by atoms with Crippen LogP contribution < -0.4 is 10.6 Å². The van der Waals surface area contributed by atoms with Gasteiger partial charge in [-0.3, -0.25) is 4.79 Å². The van der Waals surface area contributed by atoms with Crippen LogP contribution >= 0.6 is 0 Å². The van der Waals surface area contributed by atoms with Crippen molar-refractivity contribution in [1.29, 1.82) is 0 Å². The second-order valence-electron chi connectivity index (χ2n) is 4.91. The molecule has 0 unspecified atom stereocenters. The Labute approximate surface area is 107 Å². The van der Waals surface area contributed by atoms with Gasteiger partial charge in [0.15, 0.2) is 0 Å². The highest BCUT2D eigenvalue weighted by Gasteiger charge is 2.34. The molecule has 0 aromatic heterocycles. The minimum atomic E-state index is -0.380. The molecule has 1 aliphatic carbocycles. The summed E-state index contributed by atoms with van der Waals surface area (Å²) in [6.45, 7) is 0.274. The maximum absolute atomic E-state index is 11.9. The monoisotopic (exact) mass is 248 g/mol. The lowest BCUT2D eigenvalue weighted by molar-refractivity contribution is -0.121. The van der Waals surface area contributed by atoms with Crippen LogP contribution in [0.4, 0.5) is 5.69 Å². The number of carbonyl (C=O) groups is 1. The van der Waals surface area contributed by atoms with Gasteiger partial charge in [0, 0.05) is 5.69 Å². The van der Waals surface area contributed by atoms with Crippen molar-refractivity contribution < 1.29 is 9.90 Å². The molecule has 0 saturated heterocycles. The van der Waals surface area contributed by atoms with Crippen LogP contribution in [0.2, 0.25) is 0 Å². The third-order valence-electron chi connectivity index (χ3n) is 3.49. The number of hydrogen-bond acceptors (Lipinski definition) is 3. The number of rotatable bonds is 5. The van der Waals surface area contributed by atoms with E-state index in [1.165, 1.54) is 0 Å². The quantitative estimate of drug-likeness (QED) is 0.740. The molecule has 1 aromatic rings. The standard InChI is InChI=1S/C14H20N2O2/c17-11-14(8-4-5-9-14)16-13(18)10-15-12-6-2-1-3-7-12/h1-3,6-7,15,17H,4-5,8-11H2,(H,16,18). The number of para-hydroxylation sites is 1. The Morgan fingerprint density at radius 1 is 1.22 bits per heavy atom. The SMILES string of the molecule is O=C(CNc1ccccc1)NC1(CO)CCCC1. The topological polar surface area (TPSA) is 61.4 Å². The highest BCUT2D eigenvalue weighted by Crippen LogP contribution is 2.28. The number of carbonyl (C=O) groups excluding carboxylic acids is 1. The minimum absolute atomic E-state index is 0.0318. The zero-order valence-electron chi connectivity index (χ0n) is 10.5. The predicted molar refractivity (Wildman–Crippen MR) is 71.4 cm³/mol. The van der Waals surface area contributed by atoms with Crippen molar-refractivity contribution in [2.45, 2.75) is 31.2 Å². The fraction of sp³-hybridized carbons (Fsp3) is 0.500. The second-order valence-corrected chi connectivity index (χ2v) is 4.91. The van der Waals surface area contributed by atoms with Crippen LogP contribution in [0.1, 0.15) is 25.7 Å². The van der Waals surface area contributed by atoms with E-state index in [9.17, 15) is 9.90 Å². The summed E-state index contributed by atoms with van der Waals surface area (Å²) >= 11 is 0. The van der Waals surface area contributed by atoms with Crippen LogP contribution in [-0.2, 0) is 4.79 Å². The number of aliphatic hydroxyl groups is 1. The van der Waals surface area contributed by atoms with Gasteiger partial charge in [0.25, 0.3) is 0 Å². The van der Waals surface area contributed by atoms with Crippen LogP contribution in [0.15, 0.2) is 30.3 Å². The van der Waals surface area contributed by atoms with Gasteiger partial charge >= 0.3 is 0 Å². The fourth-order valence-corrected chi connectivity index (χ4v) is 2.45. The Kier molecular flexibility index (Phi) is 4.20. The molecule has 4 nitrogen and oxygen atoms in total. The Bertz CT molecular complexity index is 386. The van der Waals surface area contributed by atoms with E-state index in [1.54, 1.807) is 0 Å². The first kappa shape index (κ1) is 12.9. The Balaban J connectivity index is 1.82. The van der Waals surface area contributed by atoms with Gasteiger partial charge in [-0.05, 0) is 25.0 Å². The van der Waals surface area contributed by atoms with Gasteiger partial charge in [-0.2, -0.15) is 0 Å². The van der Waals surface area contributed by atoms with Gasteiger partial charge in [-0.25, -0.2) is 0 Å². The van der Waals surface area contributed by atoms with E-state index in [0.29, 0.717) is 0 Å². The first-order valence-electron chi connectivity index (χ1n) is 6.45. The first-order chi connectivity index (χ1) is 8.74. The molecule has 0 radical (unpaired) electrons. The lowest BCUT2D eigenvalue weighted by atomic mass is 9.99. The van der Waals surface area contributed by atoms with Gasteiger partial charge in [0.2, 0.25) is 5.91 Å².